The maximum absolute atomic E-state index is 13.1. The minimum Gasteiger partial charge on any atom is -0.361 e. The van der Waals surface area contributed by atoms with Crippen molar-refractivity contribution in [2.75, 3.05) is 19.0 Å². The van der Waals surface area contributed by atoms with Crippen molar-refractivity contribution >= 4 is 17.0 Å². The quantitative estimate of drug-likeness (QED) is 0.301. The summed E-state index contributed by atoms with van der Waals surface area (Å²) in [6, 6.07) is 15.3. The van der Waals surface area contributed by atoms with E-state index in [0.29, 0.717) is 29.4 Å². The first-order valence-electron chi connectivity index (χ1n) is 12.8. The van der Waals surface area contributed by atoms with Crippen LogP contribution in [0.5, 0.6) is 0 Å². The number of imidazole rings is 2. The molecule has 0 saturated carbocycles. The van der Waals surface area contributed by atoms with Crippen LogP contribution in [-0.4, -0.2) is 42.7 Å². The molecule has 0 aliphatic rings. The van der Waals surface area contributed by atoms with E-state index in [-0.39, 0.29) is 17.4 Å². The number of benzene rings is 2. The molecule has 2 aromatic carbocycles. The molecule has 0 unspecified atom stereocenters. The number of nitrogens with one attached hydrogen (secondary N) is 1. The second-order valence-electron chi connectivity index (χ2n) is 10.4. The standard InChI is InChI=1S/C29H31F3N8/c1-17(2)20-9-7-8-10-21(20)24-35-26(37(3)4)23-27(36-24)40(28(33)39(23)6)15-18-11-13-19(14-12-18)25-34-22(16-38(25)5)29(30,31)32/h7-14,16-17,33H,15H2,1-6H3. The lowest BCUT2D eigenvalue weighted by Crippen LogP contribution is -2.23. The van der Waals surface area contributed by atoms with Crippen molar-refractivity contribution in [3.05, 3.63) is 77.2 Å². The number of rotatable bonds is 6. The fourth-order valence-electron chi connectivity index (χ4n) is 4.91. The molecule has 0 bridgehead atoms. The Labute approximate surface area is 229 Å². The highest BCUT2D eigenvalue weighted by Crippen LogP contribution is 2.32. The van der Waals surface area contributed by atoms with E-state index in [4.69, 9.17) is 15.4 Å². The van der Waals surface area contributed by atoms with Gasteiger partial charge in [0.15, 0.2) is 23.0 Å². The van der Waals surface area contributed by atoms with Gasteiger partial charge in [-0.1, -0.05) is 62.4 Å². The lowest BCUT2D eigenvalue weighted by Gasteiger charge is -2.17. The largest absolute Gasteiger partial charge is 0.434 e. The van der Waals surface area contributed by atoms with Gasteiger partial charge in [0.25, 0.3) is 0 Å². The minimum absolute atomic E-state index is 0.231. The van der Waals surface area contributed by atoms with E-state index < -0.39 is 11.9 Å². The SMILES string of the molecule is CC(C)c1ccccc1-c1nc(N(C)C)c2c(n1)n(Cc1ccc(-c3nc(C(F)(F)F)cn3C)cc1)c(=N)n2C. The first-order chi connectivity index (χ1) is 18.9. The second-order valence-corrected chi connectivity index (χ2v) is 10.4. The Morgan fingerprint density at radius 2 is 1.62 bits per heavy atom. The van der Waals surface area contributed by atoms with Crippen molar-refractivity contribution in [1.82, 2.24) is 28.7 Å². The number of hydrogen-bond acceptors (Lipinski definition) is 5. The van der Waals surface area contributed by atoms with E-state index in [0.717, 1.165) is 28.4 Å². The molecule has 0 radical (unpaired) electrons. The molecule has 5 rings (SSSR count). The van der Waals surface area contributed by atoms with Gasteiger partial charge in [-0.3, -0.25) is 9.98 Å². The number of nitrogens with zero attached hydrogens (tertiary/aromatic N) is 7. The molecule has 0 aliphatic heterocycles. The van der Waals surface area contributed by atoms with Crippen LogP contribution in [0.3, 0.4) is 0 Å². The van der Waals surface area contributed by atoms with Crippen LogP contribution in [0.2, 0.25) is 0 Å². The van der Waals surface area contributed by atoms with Gasteiger partial charge in [-0.2, -0.15) is 13.2 Å². The molecule has 208 valence electrons. The van der Waals surface area contributed by atoms with E-state index in [2.05, 4.69) is 24.9 Å². The summed E-state index contributed by atoms with van der Waals surface area (Å²) in [5.41, 5.74) is 4.22. The van der Waals surface area contributed by atoms with Crippen molar-refractivity contribution in [1.29, 1.82) is 5.41 Å². The number of halogens is 3. The molecule has 0 fully saturated rings. The predicted molar refractivity (Wildman–Crippen MR) is 149 cm³/mol. The molecule has 8 nitrogen and oxygen atoms in total. The lowest BCUT2D eigenvalue weighted by molar-refractivity contribution is -0.140. The number of alkyl halides is 3. The molecular weight excluding hydrogens is 517 g/mol. The minimum atomic E-state index is -4.51. The monoisotopic (exact) mass is 548 g/mol. The fraction of sp³-hybridized carbons (Fsp3) is 0.310. The average Bonchev–Trinajstić information content (AvgIpc) is 3.42. The topological polar surface area (TPSA) is 80.6 Å². The van der Waals surface area contributed by atoms with Crippen molar-refractivity contribution in [3.8, 4) is 22.8 Å². The maximum Gasteiger partial charge on any atom is 0.434 e. The third kappa shape index (κ3) is 4.76. The molecule has 0 atom stereocenters. The fourth-order valence-corrected chi connectivity index (χ4v) is 4.91. The molecule has 0 spiro atoms. The predicted octanol–water partition coefficient (Wildman–Crippen LogP) is 5.57. The number of hydrogen-bond donors (Lipinski definition) is 1. The number of aryl methyl sites for hydroxylation is 2. The molecular formula is C29H31F3N8. The summed E-state index contributed by atoms with van der Waals surface area (Å²) in [6.07, 6.45) is -3.52. The molecule has 3 heterocycles. The molecule has 40 heavy (non-hydrogen) atoms. The summed E-state index contributed by atoms with van der Waals surface area (Å²) in [4.78, 5) is 15.6. The van der Waals surface area contributed by atoms with Crippen molar-refractivity contribution in [2.24, 2.45) is 14.1 Å². The average molecular weight is 549 g/mol. The Hall–Kier alpha value is -4.41. The highest BCUT2D eigenvalue weighted by molar-refractivity contribution is 5.86. The zero-order chi connectivity index (χ0) is 28.9. The second kappa shape index (κ2) is 9.96. The van der Waals surface area contributed by atoms with E-state index in [1.54, 1.807) is 23.7 Å². The zero-order valence-corrected chi connectivity index (χ0v) is 23.2. The van der Waals surface area contributed by atoms with Gasteiger partial charge in [0, 0.05) is 45.5 Å². The van der Waals surface area contributed by atoms with Crippen LogP contribution in [0.1, 0.15) is 36.6 Å². The van der Waals surface area contributed by atoms with Crippen LogP contribution in [0, 0.1) is 5.41 Å². The molecule has 0 amide bonds. The normalized spacial score (nSPS) is 12.1. The van der Waals surface area contributed by atoms with E-state index in [9.17, 15) is 13.2 Å². The lowest BCUT2D eigenvalue weighted by atomic mass is 9.97. The third-order valence-corrected chi connectivity index (χ3v) is 6.98. The highest BCUT2D eigenvalue weighted by atomic mass is 19.4. The van der Waals surface area contributed by atoms with E-state index >= 15 is 0 Å². The van der Waals surface area contributed by atoms with Gasteiger partial charge in [-0.05, 0) is 17.0 Å². The molecule has 5 aromatic rings. The van der Waals surface area contributed by atoms with Crippen LogP contribution in [0.25, 0.3) is 33.9 Å². The Bertz CT molecular complexity index is 1760. The summed E-state index contributed by atoms with van der Waals surface area (Å²) in [7, 11) is 7.20. The van der Waals surface area contributed by atoms with E-state index in [1.165, 1.54) is 4.57 Å². The molecule has 1 N–H and O–H groups in total. The Morgan fingerprint density at radius 1 is 0.950 bits per heavy atom. The summed E-state index contributed by atoms with van der Waals surface area (Å²) in [5, 5.41) is 8.88. The van der Waals surface area contributed by atoms with Crippen LogP contribution in [0.15, 0.2) is 54.7 Å². The first kappa shape index (κ1) is 27.2. The number of aromatic nitrogens is 6. The summed E-state index contributed by atoms with van der Waals surface area (Å²) in [6.45, 7) is 4.61. The van der Waals surface area contributed by atoms with Crippen LogP contribution < -0.4 is 10.5 Å². The smallest absolute Gasteiger partial charge is 0.361 e. The summed E-state index contributed by atoms with van der Waals surface area (Å²) < 4.78 is 44.4. The van der Waals surface area contributed by atoms with Gasteiger partial charge in [0.1, 0.15) is 11.3 Å². The number of fused-ring (bicyclic) bond motifs is 1. The molecule has 11 heteroatoms. The van der Waals surface area contributed by atoms with Crippen molar-refractivity contribution in [2.45, 2.75) is 32.5 Å². The van der Waals surface area contributed by atoms with Crippen LogP contribution in [0.4, 0.5) is 19.0 Å². The first-order valence-corrected chi connectivity index (χ1v) is 12.8. The van der Waals surface area contributed by atoms with E-state index in [1.807, 2.05) is 60.9 Å². The van der Waals surface area contributed by atoms with Gasteiger partial charge in [-0.25, -0.2) is 15.0 Å². The number of anilines is 1. The zero-order valence-electron chi connectivity index (χ0n) is 23.2. The highest BCUT2D eigenvalue weighted by Gasteiger charge is 2.34. The maximum atomic E-state index is 13.1. The van der Waals surface area contributed by atoms with Crippen molar-refractivity contribution < 1.29 is 13.2 Å². The summed E-state index contributed by atoms with van der Waals surface area (Å²) in [5.74, 6) is 1.80. The summed E-state index contributed by atoms with van der Waals surface area (Å²) >= 11 is 0. The van der Waals surface area contributed by atoms with Crippen LogP contribution in [-0.2, 0) is 26.8 Å². The van der Waals surface area contributed by atoms with Gasteiger partial charge < -0.3 is 14.0 Å². The Morgan fingerprint density at radius 3 is 2.23 bits per heavy atom. The van der Waals surface area contributed by atoms with Gasteiger partial charge >= 0.3 is 6.18 Å². The molecule has 0 saturated heterocycles. The van der Waals surface area contributed by atoms with Gasteiger partial charge in [0.05, 0.1) is 6.54 Å². The van der Waals surface area contributed by atoms with Gasteiger partial charge in [0.2, 0.25) is 5.62 Å². The van der Waals surface area contributed by atoms with Gasteiger partial charge in [-0.15, -0.1) is 0 Å². The third-order valence-electron chi connectivity index (χ3n) is 6.98. The molecule has 3 aromatic heterocycles. The Kier molecular flexibility index (Phi) is 6.77. The van der Waals surface area contributed by atoms with Crippen molar-refractivity contribution in [3.63, 3.8) is 0 Å². The van der Waals surface area contributed by atoms with Crippen LogP contribution >= 0.6 is 0 Å². The Balaban J connectivity index is 1.59. The molecule has 0 aliphatic carbocycles.